The SMILES string of the molecule is CC(=O)N1C(=O)/C(=N/C(=O)OC(C)(C)C)c2ccccc21. The zero-order valence-corrected chi connectivity index (χ0v) is 12.3. The van der Waals surface area contributed by atoms with Gasteiger partial charge in [0.2, 0.25) is 5.91 Å². The first-order valence-electron chi connectivity index (χ1n) is 6.47. The summed E-state index contributed by atoms with van der Waals surface area (Å²) in [5.74, 6) is -1.05. The molecule has 0 saturated heterocycles. The summed E-state index contributed by atoms with van der Waals surface area (Å²) < 4.78 is 5.08. The van der Waals surface area contributed by atoms with Crippen molar-refractivity contribution in [3.8, 4) is 0 Å². The van der Waals surface area contributed by atoms with Gasteiger partial charge in [0.05, 0.1) is 5.69 Å². The van der Waals surface area contributed by atoms with Crippen LogP contribution in [-0.4, -0.2) is 29.2 Å². The largest absolute Gasteiger partial charge is 0.442 e. The van der Waals surface area contributed by atoms with Crippen LogP contribution in [0.3, 0.4) is 0 Å². The lowest BCUT2D eigenvalue weighted by Gasteiger charge is -2.17. The number of rotatable bonds is 0. The minimum Gasteiger partial charge on any atom is -0.442 e. The minimum atomic E-state index is -0.856. The van der Waals surface area contributed by atoms with Gasteiger partial charge in [0.25, 0.3) is 5.91 Å². The number of fused-ring (bicyclic) bond motifs is 1. The lowest BCUT2D eigenvalue weighted by Crippen LogP contribution is -2.34. The number of hydrogen-bond acceptors (Lipinski definition) is 4. The Morgan fingerprint density at radius 2 is 1.81 bits per heavy atom. The van der Waals surface area contributed by atoms with E-state index in [9.17, 15) is 14.4 Å². The van der Waals surface area contributed by atoms with Gasteiger partial charge in [-0.3, -0.25) is 9.59 Å². The third-order valence-electron chi connectivity index (χ3n) is 2.72. The van der Waals surface area contributed by atoms with Crippen LogP contribution >= 0.6 is 0 Å². The van der Waals surface area contributed by atoms with E-state index >= 15 is 0 Å². The van der Waals surface area contributed by atoms with Crippen LogP contribution < -0.4 is 4.90 Å². The van der Waals surface area contributed by atoms with Gasteiger partial charge in [-0.25, -0.2) is 9.69 Å². The number of benzene rings is 1. The maximum Gasteiger partial charge on any atom is 0.434 e. The second kappa shape index (κ2) is 5.12. The highest BCUT2D eigenvalue weighted by molar-refractivity contribution is 6.58. The number of anilines is 1. The predicted molar refractivity (Wildman–Crippen MR) is 77.4 cm³/mol. The van der Waals surface area contributed by atoms with E-state index in [-0.39, 0.29) is 5.71 Å². The van der Waals surface area contributed by atoms with Gasteiger partial charge in [-0.2, -0.15) is 4.99 Å². The molecule has 3 amide bonds. The van der Waals surface area contributed by atoms with Gasteiger partial charge < -0.3 is 4.74 Å². The molecule has 0 aliphatic carbocycles. The van der Waals surface area contributed by atoms with Crippen LogP contribution in [0.4, 0.5) is 10.5 Å². The second-order valence-corrected chi connectivity index (χ2v) is 5.62. The van der Waals surface area contributed by atoms with Gasteiger partial charge >= 0.3 is 6.09 Å². The van der Waals surface area contributed by atoms with Gasteiger partial charge in [0, 0.05) is 12.5 Å². The number of amides is 3. The van der Waals surface area contributed by atoms with Crippen molar-refractivity contribution in [1.29, 1.82) is 0 Å². The average molecular weight is 288 g/mol. The Balaban J connectivity index is 2.44. The highest BCUT2D eigenvalue weighted by Gasteiger charge is 2.37. The zero-order valence-electron chi connectivity index (χ0n) is 12.3. The lowest BCUT2D eigenvalue weighted by molar-refractivity contribution is -0.121. The molecule has 1 aliphatic rings. The normalized spacial score (nSPS) is 16.1. The highest BCUT2D eigenvalue weighted by Crippen LogP contribution is 2.29. The number of ether oxygens (including phenoxy) is 1. The number of imide groups is 1. The second-order valence-electron chi connectivity index (χ2n) is 5.62. The van der Waals surface area contributed by atoms with Crippen LogP contribution in [-0.2, 0) is 14.3 Å². The zero-order chi connectivity index (χ0) is 15.8. The van der Waals surface area contributed by atoms with E-state index in [0.29, 0.717) is 11.3 Å². The first-order valence-corrected chi connectivity index (χ1v) is 6.47. The summed E-state index contributed by atoms with van der Waals surface area (Å²) in [4.78, 5) is 40.4. The van der Waals surface area contributed by atoms with E-state index in [1.54, 1.807) is 45.0 Å². The van der Waals surface area contributed by atoms with Crippen molar-refractivity contribution in [1.82, 2.24) is 0 Å². The molecule has 0 spiro atoms. The third-order valence-corrected chi connectivity index (χ3v) is 2.72. The van der Waals surface area contributed by atoms with Gasteiger partial charge in [0.1, 0.15) is 11.3 Å². The molecular weight excluding hydrogens is 272 g/mol. The number of nitrogens with zero attached hydrogens (tertiary/aromatic N) is 2. The molecule has 0 aromatic heterocycles. The van der Waals surface area contributed by atoms with Crippen molar-refractivity contribution in [2.24, 2.45) is 4.99 Å². The molecule has 6 nitrogen and oxygen atoms in total. The number of para-hydroxylation sites is 1. The molecule has 1 aliphatic heterocycles. The van der Waals surface area contributed by atoms with E-state index in [1.807, 2.05) is 0 Å². The maximum atomic E-state index is 12.3. The fourth-order valence-corrected chi connectivity index (χ4v) is 2.00. The first-order chi connectivity index (χ1) is 9.70. The quantitative estimate of drug-likeness (QED) is 0.734. The van der Waals surface area contributed by atoms with Crippen LogP contribution in [0.25, 0.3) is 0 Å². The van der Waals surface area contributed by atoms with Crippen LogP contribution in [0, 0.1) is 0 Å². The molecule has 0 N–H and O–H groups in total. The van der Waals surface area contributed by atoms with Gasteiger partial charge in [-0.15, -0.1) is 0 Å². The molecule has 0 bridgehead atoms. The summed E-state index contributed by atoms with van der Waals surface area (Å²) in [6.45, 7) is 6.40. The maximum absolute atomic E-state index is 12.3. The van der Waals surface area contributed by atoms with E-state index < -0.39 is 23.5 Å². The molecule has 0 fully saturated rings. The van der Waals surface area contributed by atoms with Gasteiger partial charge in [-0.1, -0.05) is 18.2 Å². The van der Waals surface area contributed by atoms with Crippen molar-refractivity contribution in [2.75, 3.05) is 4.90 Å². The lowest BCUT2D eigenvalue weighted by atomic mass is 10.1. The molecule has 0 saturated carbocycles. The number of carbonyl (C=O) groups is 3. The summed E-state index contributed by atoms with van der Waals surface area (Å²) >= 11 is 0. The summed E-state index contributed by atoms with van der Waals surface area (Å²) in [6.07, 6.45) is -0.856. The molecule has 6 heteroatoms. The molecule has 21 heavy (non-hydrogen) atoms. The molecule has 2 rings (SSSR count). The van der Waals surface area contributed by atoms with Crippen molar-refractivity contribution in [2.45, 2.75) is 33.3 Å². The molecule has 0 atom stereocenters. The Hall–Kier alpha value is -2.50. The van der Waals surface area contributed by atoms with E-state index in [4.69, 9.17) is 4.74 Å². The monoisotopic (exact) mass is 288 g/mol. The number of aliphatic imine (C=N–C) groups is 1. The van der Waals surface area contributed by atoms with Crippen LogP contribution in [0.2, 0.25) is 0 Å². The van der Waals surface area contributed by atoms with Crippen molar-refractivity contribution in [3.05, 3.63) is 29.8 Å². The summed E-state index contributed by atoms with van der Waals surface area (Å²) in [5, 5.41) is 0. The number of carbonyl (C=O) groups excluding carboxylic acids is 3. The molecule has 1 aromatic rings. The molecule has 0 unspecified atom stereocenters. The van der Waals surface area contributed by atoms with Crippen LogP contribution in [0.1, 0.15) is 33.3 Å². The van der Waals surface area contributed by atoms with Crippen molar-refractivity contribution < 1.29 is 19.1 Å². The van der Waals surface area contributed by atoms with Crippen molar-refractivity contribution in [3.63, 3.8) is 0 Å². The standard InChI is InChI=1S/C15H16N2O4/c1-9(18)17-11-8-6-5-7-10(11)12(13(17)19)16-14(20)21-15(2,3)4/h5-8H,1-4H3/b16-12+. The first kappa shape index (κ1) is 14.9. The summed E-state index contributed by atoms with van der Waals surface area (Å²) in [6, 6.07) is 6.68. The number of hydrogen-bond donors (Lipinski definition) is 0. The Morgan fingerprint density at radius 1 is 1.19 bits per heavy atom. The predicted octanol–water partition coefficient (Wildman–Crippen LogP) is 2.30. The fraction of sp³-hybridized carbons (Fsp3) is 0.333. The average Bonchev–Trinajstić information content (AvgIpc) is 2.60. The smallest absolute Gasteiger partial charge is 0.434 e. The topological polar surface area (TPSA) is 76.0 Å². The van der Waals surface area contributed by atoms with Crippen LogP contribution in [0.15, 0.2) is 29.3 Å². The summed E-state index contributed by atoms with van der Waals surface area (Å²) in [7, 11) is 0. The van der Waals surface area contributed by atoms with Gasteiger partial charge in [-0.05, 0) is 26.8 Å². The molecule has 1 heterocycles. The van der Waals surface area contributed by atoms with Gasteiger partial charge in [0.15, 0.2) is 0 Å². The Labute approximate surface area is 122 Å². The fourth-order valence-electron chi connectivity index (χ4n) is 2.00. The van der Waals surface area contributed by atoms with E-state index in [1.165, 1.54) is 6.92 Å². The molecular formula is C15H16N2O4. The molecule has 1 aromatic carbocycles. The van der Waals surface area contributed by atoms with Crippen LogP contribution in [0.5, 0.6) is 0 Å². The van der Waals surface area contributed by atoms with E-state index in [0.717, 1.165) is 4.90 Å². The molecule has 0 radical (unpaired) electrons. The highest BCUT2D eigenvalue weighted by atomic mass is 16.6. The Morgan fingerprint density at radius 3 is 2.38 bits per heavy atom. The minimum absolute atomic E-state index is 0.0740. The molecule has 110 valence electrons. The Bertz CT molecular complexity index is 656. The van der Waals surface area contributed by atoms with Crippen molar-refractivity contribution >= 4 is 29.3 Å². The Kier molecular flexibility index (Phi) is 3.63. The third kappa shape index (κ3) is 2.99. The summed E-state index contributed by atoms with van der Waals surface area (Å²) in [5.41, 5.74) is 0.0960. The van der Waals surface area contributed by atoms with E-state index in [2.05, 4.69) is 4.99 Å².